The minimum Gasteiger partial charge on any atom is -0.355 e. The summed E-state index contributed by atoms with van der Waals surface area (Å²) >= 11 is 1.98. The van der Waals surface area contributed by atoms with Crippen LogP contribution in [0.4, 0.5) is 0 Å². The summed E-state index contributed by atoms with van der Waals surface area (Å²) in [5, 5.41) is 6.49. The zero-order valence-electron chi connectivity index (χ0n) is 10.2. The van der Waals surface area contributed by atoms with Crippen molar-refractivity contribution in [1.82, 2.24) is 10.6 Å². The van der Waals surface area contributed by atoms with Crippen molar-refractivity contribution in [3.63, 3.8) is 0 Å². The average molecular weight is 256 g/mol. The first kappa shape index (κ1) is 12.7. The third-order valence-corrected chi connectivity index (χ3v) is 4.71. The lowest BCUT2D eigenvalue weighted by Gasteiger charge is -2.15. The number of thioether (sulfide) groups is 1. The van der Waals surface area contributed by atoms with Gasteiger partial charge in [0.05, 0.1) is 5.92 Å². The second kappa shape index (κ2) is 5.76. The molecule has 0 aromatic rings. The Hall–Kier alpha value is -0.710. The number of amides is 2. The molecule has 0 aromatic carbocycles. The van der Waals surface area contributed by atoms with E-state index in [1.807, 2.05) is 11.8 Å². The van der Waals surface area contributed by atoms with Crippen LogP contribution >= 0.6 is 11.8 Å². The van der Waals surface area contributed by atoms with Gasteiger partial charge in [0.1, 0.15) is 0 Å². The number of carbonyl (C=O) groups excluding carboxylic acids is 2. The molecule has 17 heavy (non-hydrogen) atoms. The van der Waals surface area contributed by atoms with E-state index >= 15 is 0 Å². The fourth-order valence-corrected chi connectivity index (χ4v) is 3.71. The third-order valence-electron chi connectivity index (χ3n) is 3.48. The molecule has 96 valence electrons. The van der Waals surface area contributed by atoms with Gasteiger partial charge in [0.15, 0.2) is 0 Å². The number of rotatable bonds is 4. The Kier molecular flexibility index (Phi) is 4.31. The molecule has 3 atom stereocenters. The Morgan fingerprint density at radius 1 is 1.53 bits per heavy atom. The van der Waals surface area contributed by atoms with Gasteiger partial charge >= 0.3 is 0 Å². The molecular formula is C12H20N2O2S. The lowest BCUT2D eigenvalue weighted by molar-refractivity contribution is -0.127. The van der Waals surface area contributed by atoms with Crippen LogP contribution in [0.5, 0.6) is 0 Å². The number of carbonyl (C=O) groups is 2. The molecular weight excluding hydrogens is 236 g/mol. The Balaban J connectivity index is 1.74. The van der Waals surface area contributed by atoms with E-state index in [1.165, 1.54) is 6.42 Å². The van der Waals surface area contributed by atoms with Gasteiger partial charge in [0.25, 0.3) is 0 Å². The zero-order chi connectivity index (χ0) is 12.3. The summed E-state index contributed by atoms with van der Waals surface area (Å²) in [5.74, 6) is 1.04. The highest BCUT2D eigenvalue weighted by Crippen LogP contribution is 2.29. The summed E-state index contributed by atoms with van der Waals surface area (Å²) in [6, 6.07) is 0.322. The summed E-state index contributed by atoms with van der Waals surface area (Å²) in [6.45, 7) is 2.68. The van der Waals surface area contributed by atoms with E-state index in [9.17, 15) is 9.59 Å². The smallest absolute Gasteiger partial charge is 0.225 e. The van der Waals surface area contributed by atoms with Crippen molar-refractivity contribution < 1.29 is 9.59 Å². The average Bonchev–Trinajstić information content (AvgIpc) is 2.88. The van der Waals surface area contributed by atoms with Crippen molar-refractivity contribution in [2.75, 3.05) is 12.3 Å². The first-order chi connectivity index (χ1) is 8.19. The van der Waals surface area contributed by atoms with Crippen LogP contribution in [0.3, 0.4) is 0 Å². The van der Waals surface area contributed by atoms with Crippen LogP contribution in [0.25, 0.3) is 0 Å². The maximum absolute atomic E-state index is 11.9. The molecule has 0 spiro atoms. The van der Waals surface area contributed by atoms with Crippen LogP contribution in [0.15, 0.2) is 0 Å². The van der Waals surface area contributed by atoms with Gasteiger partial charge in [-0.05, 0) is 25.0 Å². The lowest BCUT2D eigenvalue weighted by Crippen LogP contribution is -2.38. The van der Waals surface area contributed by atoms with Crippen molar-refractivity contribution in [1.29, 1.82) is 0 Å². The predicted molar refractivity (Wildman–Crippen MR) is 68.8 cm³/mol. The van der Waals surface area contributed by atoms with E-state index in [4.69, 9.17) is 0 Å². The van der Waals surface area contributed by atoms with Gasteiger partial charge in [-0.2, -0.15) is 11.8 Å². The zero-order valence-corrected chi connectivity index (χ0v) is 11.0. The molecule has 1 aliphatic heterocycles. The highest BCUT2D eigenvalue weighted by atomic mass is 32.2. The first-order valence-corrected chi connectivity index (χ1v) is 7.42. The molecule has 2 amide bonds. The molecule has 0 bridgehead atoms. The number of hydrogen-bond donors (Lipinski definition) is 2. The Labute approximate surface area is 106 Å². The van der Waals surface area contributed by atoms with Crippen LogP contribution in [-0.4, -0.2) is 35.4 Å². The third kappa shape index (κ3) is 3.37. The minimum atomic E-state index is -0.152. The molecule has 1 aliphatic carbocycles. The quantitative estimate of drug-likeness (QED) is 0.786. The summed E-state index contributed by atoms with van der Waals surface area (Å²) < 4.78 is 0. The van der Waals surface area contributed by atoms with Crippen molar-refractivity contribution in [3.05, 3.63) is 0 Å². The van der Waals surface area contributed by atoms with E-state index in [0.717, 1.165) is 18.6 Å². The minimum absolute atomic E-state index is 0.00372. The number of hydrogen-bond acceptors (Lipinski definition) is 3. The summed E-state index contributed by atoms with van der Waals surface area (Å²) in [6.07, 6.45) is 3.72. The Morgan fingerprint density at radius 3 is 3.00 bits per heavy atom. The van der Waals surface area contributed by atoms with E-state index in [0.29, 0.717) is 24.3 Å². The molecule has 1 heterocycles. The molecule has 1 saturated carbocycles. The Bertz CT molecular complexity index is 309. The summed E-state index contributed by atoms with van der Waals surface area (Å²) in [4.78, 5) is 22.9. The lowest BCUT2D eigenvalue weighted by atomic mass is 10.1. The molecule has 2 rings (SSSR count). The van der Waals surface area contributed by atoms with Gasteiger partial charge < -0.3 is 10.6 Å². The van der Waals surface area contributed by atoms with E-state index in [1.54, 1.807) is 0 Å². The van der Waals surface area contributed by atoms with Crippen LogP contribution in [0.2, 0.25) is 0 Å². The molecule has 2 fully saturated rings. The number of nitrogens with one attached hydrogen (secondary N) is 2. The SMILES string of the molecule is CCSC1CCC(NC(=O)C2CNC(=O)C2)C1. The van der Waals surface area contributed by atoms with Gasteiger partial charge in [-0.15, -0.1) is 0 Å². The second-order valence-electron chi connectivity index (χ2n) is 4.80. The van der Waals surface area contributed by atoms with Gasteiger partial charge in [-0.1, -0.05) is 6.92 Å². The maximum Gasteiger partial charge on any atom is 0.225 e. The monoisotopic (exact) mass is 256 g/mol. The van der Waals surface area contributed by atoms with Crippen LogP contribution in [0, 0.1) is 5.92 Å². The molecule has 2 aliphatic rings. The standard InChI is InChI=1S/C12H20N2O2S/c1-2-17-10-4-3-9(6-10)14-12(16)8-5-11(15)13-7-8/h8-10H,2-7H2,1H3,(H,13,15)(H,14,16). The molecule has 2 N–H and O–H groups in total. The molecule has 0 radical (unpaired) electrons. The van der Waals surface area contributed by atoms with Crippen LogP contribution in [-0.2, 0) is 9.59 Å². The molecule has 0 aromatic heterocycles. The Morgan fingerprint density at radius 2 is 2.35 bits per heavy atom. The van der Waals surface area contributed by atoms with Gasteiger partial charge in [-0.25, -0.2) is 0 Å². The molecule has 4 nitrogen and oxygen atoms in total. The summed E-state index contributed by atoms with van der Waals surface area (Å²) in [7, 11) is 0. The van der Waals surface area contributed by atoms with Crippen LogP contribution < -0.4 is 10.6 Å². The van der Waals surface area contributed by atoms with Crippen LogP contribution in [0.1, 0.15) is 32.6 Å². The molecule has 5 heteroatoms. The molecule has 1 saturated heterocycles. The highest BCUT2D eigenvalue weighted by Gasteiger charge is 2.31. The van der Waals surface area contributed by atoms with Gasteiger partial charge in [0.2, 0.25) is 11.8 Å². The van der Waals surface area contributed by atoms with Gasteiger partial charge in [-0.3, -0.25) is 9.59 Å². The topological polar surface area (TPSA) is 58.2 Å². The van der Waals surface area contributed by atoms with Gasteiger partial charge in [0, 0.05) is 24.3 Å². The fraction of sp³-hybridized carbons (Fsp3) is 0.833. The summed E-state index contributed by atoms with van der Waals surface area (Å²) in [5.41, 5.74) is 0. The van der Waals surface area contributed by atoms with Crippen molar-refractivity contribution in [2.24, 2.45) is 5.92 Å². The highest BCUT2D eigenvalue weighted by molar-refractivity contribution is 7.99. The van der Waals surface area contributed by atoms with E-state index < -0.39 is 0 Å². The predicted octanol–water partition coefficient (Wildman–Crippen LogP) is 0.913. The van der Waals surface area contributed by atoms with E-state index in [-0.39, 0.29) is 17.7 Å². The maximum atomic E-state index is 11.9. The van der Waals surface area contributed by atoms with Crippen molar-refractivity contribution >= 4 is 23.6 Å². The normalized spacial score (nSPS) is 32.5. The van der Waals surface area contributed by atoms with E-state index in [2.05, 4.69) is 17.6 Å². The molecule has 3 unspecified atom stereocenters. The second-order valence-corrected chi connectivity index (χ2v) is 6.38. The van der Waals surface area contributed by atoms with Crippen molar-refractivity contribution in [2.45, 2.75) is 43.9 Å². The first-order valence-electron chi connectivity index (χ1n) is 6.37. The largest absolute Gasteiger partial charge is 0.355 e. The van der Waals surface area contributed by atoms with Crippen molar-refractivity contribution in [3.8, 4) is 0 Å². The fourth-order valence-electron chi connectivity index (χ4n) is 2.57.